The third-order valence-electron chi connectivity index (χ3n) is 3.91. The van der Waals surface area contributed by atoms with E-state index in [2.05, 4.69) is 10.2 Å². The van der Waals surface area contributed by atoms with Crippen LogP contribution in [0.5, 0.6) is 0 Å². The van der Waals surface area contributed by atoms with Crippen LogP contribution in [0.15, 0.2) is 21.2 Å². The third kappa shape index (κ3) is 3.76. The van der Waals surface area contributed by atoms with Gasteiger partial charge in [-0.2, -0.15) is 11.3 Å². The van der Waals surface area contributed by atoms with Gasteiger partial charge < -0.3 is 14.4 Å². The number of hydrogen-bond acceptors (Lipinski definition) is 6. The Balaban J connectivity index is 1.54. The quantitative estimate of drug-likeness (QED) is 0.898. The number of nitrogens with zero attached hydrogens (tertiary/aromatic N) is 3. The minimum absolute atomic E-state index is 0.0637. The number of carbonyl (C=O) groups excluding carboxylic acids is 1. The summed E-state index contributed by atoms with van der Waals surface area (Å²) in [5.74, 6) is -0.476. The molecule has 0 bridgehead atoms. The van der Waals surface area contributed by atoms with Crippen LogP contribution in [0.2, 0.25) is 0 Å². The molecule has 0 radical (unpaired) electrons. The fourth-order valence-corrected chi connectivity index (χ4v) is 3.26. The number of rotatable bonds is 5. The summed E-state index contributed by atoms with van der Waals surface area (Å²) in [6.07, 6.45) is 1.97. The van der Waals surface area contributed by atoms with Gasteiger partial charge in [0.2, 0.25) is 17.7 Å². The zero-order valence-electron chi connectivity index (χ0n) is 12.5. The van der Waals surface area contributed by atoms with E-state index in [1.54, 1.807) is 16.2 Å². The van der Waals surface area contributed by atoms with Crippen molar-refractivity contribution in [2.45, 2.75) is 25.7 Å². The lowest BCUT2D eigenvalue weighted by molar-refractivity contribution is -0.145. The average molecular weight is 335 g/mol. The first-order valence-electron chi connectivity index (χ1n) is 7.49. The van der Waals surface area contributed by atoms with Gasteiger partial charge in [-0.3, -0.25) is 9.59 Å². The van der Waals surface area contributed by atoms with E-state index in [4.69, 9.17) is 9.52 Å². The molecule has 2 aromatic heterocycles. The Kier molecular flexibility index (Phi) is 4.71. The number of piperidine rings is 1. The molecule has 0 aliphatic carbocycles. The first-order valence-corrected chi connectivity index (χ1v) is 8.43. The van der Waals surface area contributed by atoms with Crippen molar-refractivity contribution in [3.05, 3.63) is 22.7 Å². The summed E-state index contributed by atoms with van der Waals surface area (Å²) in [5.41, 5.74) is 0.875. The number of carboxylic acids is 1. The predicted octanol–water partition coefficient (Wildman–Crippen LogP) is 2.05. The van der Waals surface area contributed by atoms with Crippen LogP contribution in [-0.2, 0) is 16.0 Å². The maximum absolute atomic E-state index is 12.2. The summed E-state index contributed by atoms with van der Waals surface area (Å²) in [6, 6.07) is 1.90. The molecule has 1 N–H and O–H groups in total. The normalized spacial score (nSPS) is 18.1. The molecular weight excluding hydrogens is 318 g/mol. The van der Waals surface area contributed by atoms with Crippen molar-refractivity contribution in [2.24, 2.45) is 5.92 Å². The van der Waals surface area contributed by atoms with Crippen molar-refractivity contribution >= 4 is 23.2 Å². The Labute approximate surface area is 136 Å². The second kappa shape index (κ2) is 6.91. The van der Waals surface area contributed by atoms with Crippen LogP contribution in [0, 0.1) is 5.92 Å². The Morgan fingerprint density at radius 3 is 3.04 bits per heavy atom. The number of aryl methyl sites for hydroxylation is 1. The number of aromatic nitrogens is 2. The lowest BCUT2D eigenvalue weighted by Crippen LogP contribution is -2.42. The molecular formula is C15H17N3O4S. The zero-order valence-corrected chi connectivity index (χ0v) is 13.3. The van der Waals surface area contributed by atoms with Crippen molar-refractivity contribution in [2.75, 3.05) is 13.1 Å². The van der Waals surface area contributed by atoms with Crippen LogP contribution in [0.1, 0.15) is 25.2 Å². The highest BCUT2D eigenvalue weighted by molar-refractivity contribution is 7.08. The number of thiophene rings is 1. The fraction of sp³-hybridized carbons (Fsp3) is 0.467. The van der Waals surface area contributed by atoms with Crippen LogP contribution in [0.25, 0.3) is 11.5 Å². The van der Waals surface area contributed by atoms with Crippen molar-refractivity contribution < 1.29 is 19.1 Å². The smallest absolute Gasteiger partial charge is 0.308 e. The second-order valence-electron chi connectivity index (χ2n) is 5.53. The molecule has 0 spiro atoms. The van der Waals surface area contributed by atoms with Crippen LogP contribution >= 0.6 is 11.3 Å². The van der Waals surface area contributed by atoms with E-state index >= 15 is 0 Å². The van der Waals surface area contributed by atoms with Crippen molar-refractivity contribution in [3.8, 4) is 11.5 Å². The topological polar surface area (TPSA) is 96.5 Å². The maximum atomic E-state index is 12.2. The van der Waals surface area contributed by atoms with Crippen LogP contribution in [0.4, 0.5) is 0 Å². The molecule has 1 fully saturated rings. The Morgan fingerprint density at radius 1 is 1.43 bits per heavy atom. The molecule has 3 rings (SSSR count). The number of hydrogen-bond donors (Lipinski definition) is 1. The Morgan fingerprint density at radius 2 is 2.30 bits per heavy atom. The van der Waals surface area contributed by atoms with Crippen molar-refractivity contribution in [3.63, 3.8) is 0 Å². The molecule has 3 heterocycles. The van der Waals surface area contributed by atoms with Crippen LogP contribution in [-0.4, -0.2) is 45.2 Å². The van der Waals surface area contributed by atoms with Gasteiger partial charge in [-0.05, 0) is 24.3 Å². The van der Waals surface area contributed by atoms with E-state index in [0.29, 0.717) is 31.2 Å². The number of carbonyl (C=O) groups is 2. The highest BCUT2D eigenvalue weighted by atomic mass is 32.1. The SMILES string of the molecule is O=C(O)[C@H]1CCCN(C(=O)CCc2nnc(-c3ccsc3)o2)C1. The first kappa shape index (κ1) is 15.7. The molecule has 2 aromatic rings. The number of likely N-dealkylation sites (tertiary alicyclic amines) is 1. The van der Waals surface area contributed by atoms with Gasteiger partial charge >= 0.3 is 5.97 Å². The molecule has 0 unspecified atom stereocenters. The minimum Gasteiger partial charge on any atom is -0.481 e. The van der Waals surface area contributed by atoms with E-state index in [-0.39, 0.29) is 18.9 Å². The van der Waals surface area contributed by atoms with E-state index in [1.165, 1.54) is 0 Å². The monoisotopic (exact) mass is 335 g/mol. The lowest BCUT2D eigenvalue weighted by atomic mass is 9.98. The van der Waals surface area contributed by atoms with Crippen molar-refractivity contribution in [1.29, 1.82) is 0 Å². The van der Waals surface area contributed by atoms with Gasteiger partial charge in [0.15, 0.2) is 0 Å². The molecule has 1 aliphatic heterocycles. The molecule has 8 heteroatoms. The highest BCUT2D eigenvalue weighted by Crippen LogP contribution is 2.21. The molecule has 23 heavy (non-hydrogen) atoms. The van der Waals surface area contributed by atoms with Gasteiger partial charge in [-0.15, -0.1) is 10.2 Å². The fourth-order valence-electron chi connectivity index (χ4n) is 2.63. The molecule has 7 nitrogen and oxygen atoms in total. The predicted molar refractivity (Wildman–Crippen MR) is 82.9 cm³/mol. The number of amides is 1. The molecule has 1 amide bonds. The Hall–Kier alpha value is -2.22. The summed E-state index contributed by atoms with van der Waals surface area (Å²) in [6.45, 7) is 0.907. The van der Waals surface area contributed by atoms with Crippen LogP contribution in [0.3, 0.4) is 0 Å². The zero-order chi connectivity index (χ0) is 16.2. The van der Waals surface area contributed by atoms with Crippen molar-refractivity contribution in [1.82, 2.24) is 15.1 Å². The van der Waals surface area contributed by atoms with Gasteiger partial charge in [0.25, 0.3) is 0 Å². The summed E-state index contributed by atoms with van der Waals surface area (Å²) < 4.78 is 5.54. The second-order valence-corrected chi connectivity index (χ2v) is 6.31. The maximum Gasteiger partial charge on any atom is 0.308 e. The molecule has 1 aliphatic rings. The standard InChI is InChI=1S/C15H17N3O4S/c19-13(18-6-1-2-10(8-18)15(20)21)4-3-12-16-17-14(22-12)11-5-7-23-9-11/h5,7,9-10H,1-4,6,8H2,(H,20,21)/t10-/m0/s1. The molecule has 0 saturated carbocycles. The number of carboxylic acid groups (broad SMARTS) is 1. The van der Waals surface area contributed by atoms with Crippen LogP contribution < -0.4 is 0 Å². The minimum atomic E-state index is -0.834. The third-order valence-corrected chi connectivity index (χ3v) is 4.59. The Bertz CT molecular complexity index is 683. The summed E-state index contributed by atoms with van der Waals surface area (Å²) in [5, 5.41) is 20.8. The van der Waals surface area contributed by atoms with Gasteiger partial charge in [0.1, 0.15) is 0 Å². The highest BCUT2D eigenvalue weighted by Gasteiger charge is 2.28. The van der Waals surface area contributed by atoms with E-state index in [1.807, 2.05) is 16.8 Å². The van der Waals surface area contributed by atoms with E-state index < -0.39 is 11.9 Å². The largest absolute Gasteiger partial charge is 0.481 e. The van der Waals surface area contributed by atoms with Gasteiger partial charge in [0, 0.05) is 36.9 Å². The lowest BCUT2D eigenvalue weighted by Gasteiger charge is -2.30. The summed E-state index contributed by atoms with van der Waals surface area (Å²) >= 11 is 1.55. The molecule has 122 valence electrons. The first-order chi connectivity index (χ1) is 11.1. The van der Waals surface area contributed by atoms with Gasteiger partial charge in [0.05, 0.1) is 5.92 Å². The molecule has 1 saturated heterocycles. The molecule has 0 aromatic carbocycles. The summed E-state index contributed by atoms with van der Waals surface area (Å²) in [7, 11) is 0. The summed E-state index contributed by atoms with van der Waals surface area (Å²) in [4.78, 5) is 24.9. The van der Waals surface area contributed by atoms with E-state index in [9.17, 15) is 9.59 Å². The van der Waals surface area contributed by atoms with Gasteiger partial charge in [-0.25, -0.2) is 0 Å². The molecule has 1 atom stereocenters. The van der Waals surface area contributed by atoms with Gasteiger partial charge in [-0.1, -0.05) is 0 Å². The number of aliphatic carboxylic acids is 1. The van der Waals surface area contributed by atoms with E-state index in [0.717, 1.165) is 12.0 Å². The average Bonchev–Trinajstić information content (AvgIpc) is 3.23.